The van der Waals surface area contributed by atoms with Gasteiger partial charge in [0, 0.05) is 22.5 Å². The van der Waals surface area contributed by atoms with Crippen LogP contribution in [0.15, 0.2) is 28.7 Å². The van der Waals surface area contributed by atoms with E-state index >= 15 is 0 Å². The molecule has 0 radical (unpaired) electrons. The molecule has 1 heterocycles. The van der Waals surface area contributed by atoms with Crippen molar-refractivity contribution in [1.82, 2.24) is 9.97 Å². The molecule has 2 N–H and O–H groups in total. The fourth-order valence-electron chi connectivity index (χ4n) is 2.30. The van der Waals surface area contributed by atoms with Crippen molar-refractivity contribution in [3.05, 3.63) is 40.0 Å². The second kappa shape index (κ2) is 6.24. The molecule has 116 valence electrons. The van der Waals surface area contributed by atoms with Crippen molar-refractivity contribution in [2.45, 2.75) is 45.6 Å². The summed E-state index contributed by atoms with van der Waals surface area (Å²) in [6.45, 7) is 6.27. The van der Waals surface area contributed by atoms with E-state index in [0.29, 0.717) is 17.9 Å². The van der Waals surface area contributed by atoms with Crippen LogP contribution in [0.5, 0.6) is 0 Å². The maximum atomic E-state index is 4.64. The molecule has 4 nitrogen and oxygen atoms in total. The molecule has 5 heteroatoms. The molecular formula is C17H21BrN4. The normalized spacial score (nSPS) is 14.2. The van der Waals surface area contributed by atoms with Gasteiger partial charge in [-0.15, -0.1) is 0 Å². The minimum Gasteiger partial charge on any atom is -0.352 e. The highest BCUT2D eigenvalue weighted by atomic mass is 79.9. The Hall–Kier alpha value is -1.62. The van der Waals surface area contributed by atoms with Crippen LogP contribution in [0.2, 0.25) is 0 Å². The maximum Gasteiger partial charge on any atom is 0.225 e. The fourth-order valence-corrected chi connectivity index (χ4v) is 2.89. The van der Waals surface area contributed by atoms with Crippen molar-refractivity contribution in [2.75, 3.05) is 10.6 Å². The van der Waals surface area contributed by atoms with Gasteiger partial charge in [0.1, 0.15) is 5.82 Å². The molecular weight excluding hydrogens is 340 g/mol. The summed E-state index contributed by atoms with van der Waals surface area (Å²) in [5.74, 6) is 2.13. The highest BCUT2D eigenvalue weighted by molar-refractivity contribution is 9.10. The monoisotopic (exact) mass is 360 g/mol. The number of aromatic nitrogens is 2. The van der Waals surface area contributed by atoms with Crippen molar-refractivity contribution in [3.8, 4) is 0 Å². The van der Waals surface area contributed by atoms with Crippen LogP contribution in [0.1, 0.15) is 43.9 Å². The van der Waals surface area contributed by atoms with Gasteiger partial charge in [-0.25, -0.2) is 4.98 Å². The number of benzene rings is 1. The topological polar surface area (TPSA) is 49.8 Å². The van der Waals surface area contributed by atoms with Crippen LogP contribution in [-0.2, 0) is 0 Å². The molecule has 0 aliphatic heterocycles. The van der Waals surface area contributed by atoms with E-state index in [1.54, 1.807) is 0 Å². The van der Waals surface area contributed by atoms with Crippen LogP contribution in [0.4, 0.5) is 17.5 Å². The van der Waals surface area contributed by atoms with Gasteiger partial charge in [-0.3, -0.25) is 0 Å². The molecule has 0 atom stereocenters. The van der Waals surface area contributed by atoms with Crippen molar-refractivity contribution in [2.24, 2.45) is 0 Å². The highest BCUT2D eigenvalue weighted by Crippen LogP contribution is 2.40. The number of halogens is 1. The van der Waals surface area contributed by atoms with Gasteiger partial charge >= 0.3 is 0 Å². The lowest BCUT2D eigenvalue weighted by Gasteiger charge is -2.13. The number of nitrogens with zero attached hydrogens (tertiary/aromatic N) is 2. The molecule has 1 fully saturated rings. The van der Waals surface area contributed by atoms with Gasteiger partial charge in [0.2, 0.25) is 5.95 Å². The van der Waals surface area contributed by atoms with E-state index in [4.69, 9.17) is 0 Å². The third-order valence-electron chi connectivity index (χ3n) is 3.55. The minimum atomic E-state index is 0.313. The van der Waals surface area contributed by atoms with E-state index < -0.39 is 0 Å². The molecule has 3 rings (SSSR count). The first kappa shape index (κ1) is 15.3. The predicted octanol–water partition coefficient (Wildman–Crippen LogP) is 4.99. The standard InChI is InChI=1S/C17H21BrN4/c1-10(2)19-17-21-15(12-5-6-12)9-16(22-17)20-14-7-4-11(3)8-13(14)18/h4,7-10,12H,5-6H2,1-3H3,(H2,19,20,21,22). The SMILES string of the molecule is Cc1ccc(Nc2cc(C3CC3)nc(NC(C)C)n2)c(Br)c1. The van der Waals surface area contributed by atoms with Crippen molar-refractivity contribution >= 4 is 33.4 Å². The summed E-state index contributed by atoms with van der Waals surface area (Å²) in [7, 11) is 0. The summed E-state index contributed by atoms with van der Waals surface area (Å²) in [6.07, 6.45) is 2.46. The Bertz CT molecular complexity index is 680. The lowest BCUT2D eigenvalue weighted by atomic mass is 10.2. The quantitative estimate of drug-likeness (QED) is 0.788. The van der Waals surface area contributed by atoms with Crippen molar-refractivity contribution in [1.29, 1.82) is 0 Å². The van der Waals surface area contributed by atoms with Crippen molar-refractivity contribution < 1.29 is 0 Å². The predicted molar refractivity (Wildman–Crippen MR) is 94.9 cm³/mol. The average molecular weight is 361 g/mol. The van der Waals surface area contributed by atoms with Crippen molar-refractivity contribution in [3.63, 3.8) is 0 Å². The molecule has 2 aromatic rings. The molecule has 1 aromatic heterocycles. The second-order valence-corrected chi connectivity index (χ2v) is 7.04. The first-order chi connectivity index (χ1) is 10.5. The number of anilines is 3. The smallest absolute Gasteiger partial charge is 0.225 e. The number of hydrogen-bond donors (Lipinski definition) is 2. The van der Waals surface area contributed by atoms with Gasteiger partial charge in [0.25, 0.3) is 0 Å². The number of hydrogen-bond acceptors (Lipinski definition) is 4. The molecule has 1 aliphatic rings. The Morgan fingerprint density at radius 3 is 2.59 bits per heavy atom. The van der Waals surface area contributed by atoms with Gasteiger partial charge in [0.05, 0.1) is 11.4 Å². The van der Waals surface area contributed by atoms with Crippen LogP contribution in [0, 0.1) is 6.92 Å². The van der Waals surface area contributed by atoms with E-state index in [1.807, 2.05) is 0 Å². The Kier molecular flexibility index (Phi) is 4.34. The zero-order valence-corrected chi connectivity index (χ0v) is 14.7. The van der Waals surface area contributed by atoms with E-state index in [9.17, 15) is 0 Å². The minimum absolute atomic E-state index is 0.313. The summed E-state index contributed by atoms with van der Waals surface area (Å²) >= 11 is 3.60. The molecule has 0 spiro atoms. The Balaban J connectivity index is 1.89. The fraction of sp³-hybridized carbons (Fsp3) is 0.412. The van der Waals surface area contributed by atoms with Crippen LogP contribution >= 0.6 is 15.9 Å². The van der Waals surface area contributed by atoms with Crippen LogP contribution in [0.3, 0.4) is 0 Å². The lowest BCUT2D eigenvalue weighted by Crippen LogP contribution is -2.14. The summed E-state index contributed by atoms with van der Waals surface area (Å²) in [4.78, 5) is 9.23. The van der Waals surface area contributed by atoms with Gasteiger partial charge in [-0.2, -0.15) is 4.98 Å². The maximum absolute atomic E-state index is 4.64. The Labute approximate surface area is 139 Å². The molecule has 0 unspecified atom stereocenters. The average Bonchev–Trinajstić information content (AvgIpc) is 3.25. The Morgan fingerprint density at radius 2 is 1.95 bits per heavy atom. The largest absolute Gasteiger partial charge is 0.352 e. The lowest BCUT2D eigenvalue weighted by molar-refractivity contribution is 0.864. The van der Waals surface area contributed by atoms with E-state index in [2.05, 4.69) is 81.6 Å². The van der Waals surface area contributed by atoms with Crippen LogP contribution in [0.25, 0.3) is 0 Å². The van der Waals surface area contributed by atoms with Gasteiger partial charge in [-0.1, -0.05) is 6.07 Å². The summed E-state index contributed by atoms with van der Waals surface area (Å²) < 4.78 is 1.04. The van der Waals surface area contributed by atoms with Crippen LogP contribution in [-0.4, -0.2) is 16.0 Å². The third kappa shape index (κ3) is 3.77. The van der Waals surface area contributed by atoms with E-state index in [-0.39, 0.29) is 0 Å². The molecule has 0 amide bonds. The van der Waals surface area contributed by atoms with Gasteiger partial charge in [0.15, 0.2) is 0 Å². The summed E-state index contributed by atoms with van der Waals surface area (Å²) in [6, 6.07) is 8.62. The molecule has 1 saturated carbocycles. The number of nitrogens with one attached hydrogen (secondary N) is 2. The second-order valence-electron chi connectivity index (χ2n) is 6.18. The van der Waals surface area contributed by atoms with Gasteiger partial charge in [-0.05, 0) is 67.2 Å². The van der Waals surface area contributed by atoms with E-state index in [0.717, 1.165) is 21.7 Å². The molecule has 22 heavy (non-hydrogen) atoms. The first-order valence-electron chi connectivity index (χ1n) is 7.70. The zero-order chi connectivity index (χ0) is 15.7. The number of rotatable bonds is 5. The zero-order valence-electron chi connectivity index (χ0n) is 13.2. The first-order valence-corrected chi connectivity index (χ1v) is 8.49. The summed E-state index contributed by atoms with van der Waals surface area (Å²) in [5, 5.41) is 6.70. The molecule has 0 saturated heterocycles. The highest BCUT2D eigenvalue weighted by Gasteiger charge is 2.26. The van der Waals surface area contributed by atoms with E-state index in [1.165, 1.54) is 18.4 Å². The third-order valence-corrected chi connectivity index (χ3v) is 4.20. The van der Waals surface area contributed by atoms with Gasteiger partial charge < -0.3 is 10.6 Å². The molecule has 1 aromatic carbocycles. The molecule has 0 bridgehead atoms. The molecule has 1 aliphatic carbocycles. The van der Waals surface area contributed by atoms with Crippen LogP contribution < -0.4 is 10.6 Å². The number of aryl methyl sites for hydroxylation is 1. The Morgan fingerprint density at radius 1 is 1.18 bits per heavy atom. The summed E-state index contributed by atoms with van der Waals surface area (Å²) in [5.41, 5.74) is 3.37.